The van der Waals surface area contributed by atoms with Crippen LogP contribution >= 0.6 is 8.58 Å². The maximum Gasteiger partial charge on any atom is 0.186 e. The Morgan fingerprint density at radius 1 is 1.05 bits per heavy atom. The van der Waals surface area contributed by atoms with Gasteiger partial charge in [-0.1, -0.05) is 24.3 Å². The minimum Gasteiger partial charge on any atom is -0.494 e. The van der Waals surface area contributed by atoms with E-state index in [1.165, 1.54) is 0 Å². The highest BCUT2D eigenvalue weighted by molar-refractivity contribution is 7.66. The van der Waals surface area contributed by atoms with Gasteiger partial charge in [-0.15, -0.1) is 0 Å². The highest BCUT2D eigenvalue weighted by atomic mass is 31.1. The smallest absolute Gasteiger partial charge is 0.186 e. The highest BCUT2D eigenvalue weighted by Crippen LogP contribution is 2.26. The van der Waals surface area contributed by atoms with E-state index in [1.807, 2.05) is 64.1 Å². The van der Waals surface area contributed by atoms with Crippen molar-refractivity contribution in [3.05, 3.63) is 58.7 Å². The standard InChI is InChI=1S/C18H21O2P/c1-5-20-15-9-10-16(14(4)11-15)21-18(19)17-12(2)7-6-8-13(17)3/h6-11,21H,5H2,1-4H3. The Labute approximate surface area is 128 Å². The summed E-state index contributed by atoms with van der Waals surface area (Å²) in [6.45, 7) is 8.65. The average molecular weight is 300 g/mol. The fourth-order valence-corrected chi connectivity index (χ4v) is 3.59. The van der Waals surface area contributed by atoms with Crippen LogP contribution in [0.1, 0.15) is 34.0 Å². The summed E-state index contributed by atoms with van der Waals surface area (Å²) in [5, 5.41) is 1.09. The molecule has 0 bridgehead atoms. The van der Waals surface area contributed by atoms with Crippen LogP contribution in [-0.4, -0.2) is 12.1 Å². The van der Waals surface area contributed by atoms with Crippen LogP contribution in [0.4, 0.5) is 0 Å². The van der Waals surface area contributed by atoms with Gasteiger partial charge in [0.1, 0.15) is 5.75 Å². The fraction of sp³-hybridized carbons (Fsp3) is 0.278. The molecule has 0 fully saturated rings. The van der Waals surface area contributed by atoms with Gasteiger partial charge < -0.3 is 4.74 Å². The molecule has 21 heavy (non-hydrogen) atoms. The zero-order valence-corrected chi connectivity index (χ0v) is 14.0. The topological polar surface area (TPSA) is 26.3 Å². The summed E-state index contributed by atoms with van der Waals surface area (Å²) < 4.78 is 5.49. The third-order valence-corrected chi connectivity index (χ3v) is 4.77. The maximum atomic E-state index is 12.6. The molecule has 0 aliphatic rings. The first-order chi connectivity index (χ1) is 10.0. The molecule has 2 nitrogen and oxygen atoms in total. The largest absolute Gasteiger partial charge is 0.494 e. The van der Waals surface area contributed by atoms with Gasteiger partial charge in [-0.2, -0.15) is 0 Å². The quantitative estimate of drug-likeness (QED) is 0.775. The van der Waals surface area contributed by atoms with Gasteiger partial charge in [0.15, 0.2) is 5.52 Å². The van der Waals surface area contributed by atoms with Crippen LogP contribution in [0.25, 0.3) is 0 Å². The lowest BCUT2D eigenvalue weighted by Gasteiger charge is -2.11. The molecule has 0 amide bonds. The Morgan fingerprint density at radius 2 is 1.71 bits per heavy atom. The van der Waals surface area contributed by atoms with Gasteiger partial charge in [0.05, 0.1) is 6.61 Å². The highest BCUT2D eigenvalue weighted by Gasteiger charge is 2.14. The third kappa shape index (κ3) is 3.71. The van der Waals surface area contributed by atoms with Gasteiger partial charge in [-0.05, 0) is 70.4 Å². The zero-order chi connectivity index (χ0) is 15.4. The molecule has 0 aliphatic heterocycles. The van der Waals surface area contributed by atoms with Crippen molar-refractivity contribution in [2.24, 2.45) is 0 Å². The molecule has 1 atom stereocenters. The molecule has 0 spiro atoms. The van der Waals surface area contributed by atoms with E-state index in [4.69, 9.17) is 4.74 Å². The van der Waals surface area contributed by atoms with Gasteiger partial charge in [0.2, 0.25) is 0 Å². The van der Waals surface area contributed by atoms with Crippen molar-refractivity contribution in [3.8, 4) is 5.75 Å². The van der Waals surface area contributed by atoms with Gasteiger partial charge in [-0.3, -0.25) is 4.79 Å². The van der Waals surface area contributed by atoms with Crippen LogP contribution in [0.15, 0.2) is 36.4 Å². The van der Waals surface area contributed by atoms with Crippen LogP contribution in [0, 0.1) is 20.8 Å². The predicted molar refractivity (Wildman–Crippen MR) is 90.5 cm³/mol. The lowest BCUT2D eigenvalue weighted by atomic mass is 10.0. The Kier molecular flexibility index (Phi) is 5.14. The Hall–Kier alpha value is -1.66. The van der Waals surface area contributed by atoms with E-state index < -0.39 is 0 Å². The van der Waals surface area contributed by atoms with Gasteiger partial charge in [0, 0.05) is 5.56 Å². The minimum atomic E-state index is 0.151. The summed E-state index contributed by atoms with van der Waals surface area (Å²) in [7, 11) is 0.151. The van der Waals surface area contributed by atoms with Crippen LogP contribution in [0.5, 0.6) is 5.75 Å². The molecule has 0 aliphatic carbocycles. The van der Waals surface area contributed by atoms with Gasteiger partial charge in [0.25, 0.3) is 0 Å². The predicted octanol–water partition coefficient (Wildman–Crippen LogP) is 4.15. The average Bonchev–Trinajstić information content (AvgIpc) is 2.42. The lowest BCUT2D eigenvalue weighted by Crippen LogP contribution is -2.07. The van der Waals surface area contributed by atoms with E-state index in [-0.39, 0.29) is 14.1 Å². The van der Waals surface area contributed by atoms with Crippen LogP contribution in [0.2, 0.25) is 0 Å². The first-order valence-electron chi connectivity index (χ1n) is 7.14. The lowest BCUT2D eigenvalue weighted by molar-refractivity contribution is 0.108. The molecule has 0 aromatic heterocycles. The fourth-order valence-electron chi connectivity index (χ4n) is 2.39. The number of carbonyl (C=O) groups excluding carboxylic acids is 1. The zero-order valence-electron chi connectivity index (χ0n) is 13.0. The number of hydrogen-bond donors (Lipinski definition) is 0. The van der Waals surface area contributed by atoms with Gasteiger partial charge in [-0.25, -0.2) is 0 Å². The van der Waals surface area contributed by atoms with Crippen molar-refractivity contribution in [1.29, 1.82) is 0 Å². The Balaban J connectivity index is 2.24. The molecule has 0 saturated heterocycles. The van der Waals surface area contributed by atoms with Crippen LogP contribution in [-0.2, 0) is 0 Å². The molecule has 110 valence electrons. The normalized spacial score (nSPS) is 11.0. The van der Waals surface area contributed by atoms with Crippen molar-refractivity contribution < 1.29 is 9.53 Å². The van der Waals surface area contributed by atoms with E-state index in [0.717, 1.165) is 33.3 Å². The minimum absolute atomic E-state index is 0.151. The van der Waals surface area contributed by atoms with Crippen molar-refractivity contribution >= 4 is 19.4 Å². The second-order valence-corrected chi connectivity index (χ2v) is 6.37. The maximum absolute atomic E-state index is 12.6. The first kappa shape index (κ1) is 15.7. The van der Waals surface area contributed by atoms with Crippen LogP contribution < -0.4 is 10.0 Å². The van der Waals surface area contributed by atoms with E-state index in [1.54, 1.807) is 0 Å². The van der Waals surface area contributed by atoms with E-state index in [0.29, 0.717) is 6.61 Å². The van der Waals surface area contributed by atoms with Crippen molar-refractivity contribution in [2.75, 3.05) is 6.61 Å². The molecule has 2 aromatic carbocycles. The third-order valence-electron chi connectivity index (χ3n) is 3.47. The molecule has 0 saturated carbocycles. The Morgan fingerprint density at radius 3 is 2.29 bits per heavy atom. The van der Waals surface area contributed by atoms with E-state index in [2.05, 4.69) is 0 Å². The van der Waals surface area contributed by atoms with Crippen molar-refractivity contribution in [3.63, 3.8) is 0 Å². The molecular formula is C18H21O2P. The number of benzene rings is 2. The molecule has 2 rings (SSSR count). The molecule has 1 unspecified atom stereocenters. The number of aryl methyl sites for hydroxylation is 3. The number of rotatable bonds is 5. The second-order valence-electron chi connectivity index (χ2n) is 5.13. The SMILES string of the molecule is CCOc1ccc(PC(=O)c2c(C)cccc2C)c(C)c1. The molecular weight excluding hydrogens is 279 g/mol. The summed E-state index contributed by atoms with van der Waals surface area (Å²) >= 11 is 0. The molecule has 0 heterocycles. The van der Waals surface area contributed by atoms with Gasteiger partial charge >= 0.3 is 0 Å². The second kappa shape index (κ2) is 6.87. The summed E-state index contributed by atoms with van der Waals surface area (Å²) in [5.41, 5.74) is 4.29. The number of carbonyl (C=O) groups is 1. The van der Waals surface area contributed by atoms with Crippen molar-refractivity contribution in [1.82, 2.24) is 0 Å². The summed E-state index contributed by atoms with van der Waals surface area (Å²) in [6.07, 6.45) is 0. The molecule has 0 N–H and O–H groups in total. The monoisotopic (exact) mass is 300 g/mol. The van der Waals surface area contributed by atoms with Crippen molar-refractivity contribution in [2.45, 2.75) is 27.7 Å². The number of hydrogen-bond acceptors (Lipinski definition) is 2. The first-order valence-corrected chi connectivity index (χ1v) is 8.14. The van der Waals surface area contributed by atoms with E-state index in [9.17, 15) is 4.79 Å². The molecule has 3 heteroatoms. The van der Waals surface area contributed by atoms with E-state index >= 15 is 0 Å². The molecule has 0 radical (unpaired) electrons. The molecule has 2 aromatic rings. The summed E-state index contributed by atoms with van der Waals surface area (Å²) in [4.78, 5) is 12.6. The summed E-state index contributed by atoms with van der Waals surface area (Å²) in [6, 6.07) is 11.9. The van der Waals surface area contributed by atoms with Crippen LogP contribution in [0.3, 0.4) is 0 Å². The Bertz CT molecular complexity index is 642. The summed E-state index contributed by atoms with van der Waals surface area (Å²) in [5.74, 6) is 0.864. The number of ether oxygens (including phenoxy) is 1.